The zero-order valence-corrected chi connectivity index (χ0v) is 14.3. The molecule has 0 aliphatic heterocycles. The van der Waals surface area contributed by atoms with Crippen LogP contribution in [0, 0.1) is 17.0 Å². The molecule has 24 heavy (non-hydrogen) atoms. The largest absolute Gasteiger partial charge is 0.326 e. The van der Waals surface area contributed by atoms with Gasteiger partial charge in [0.25, 0.3) is 11.6 Å². The van der Waals surface area contributed by atoms with E-state index in [2.05, 4.69) is 5.32 Å². The summed E-state index contributed by atoms with van der Waals surface area (Å²) in [5.41, 5.74) is 2.15. The molecular weight excluding hydrogens is 330 g/mol. The van der Waals surface area contributed by atoms with Crippen molar-refractivity contribution in [2.24, 2.45) is 0 Å². The average Bonchev–Trinajstić information content (AvgIpc) is 2.51. The van der Waals surface area contributed by atoms with Gasteiger partial charge in [-0.15, -0.1) is 0 Å². The first kappa shape index (κ1) is 17.9. The van der Waals surface area contributed by atoms with E-state index in [1.165, 1.54) is 12.1 Å². The van der Waals surface area contributed by atoms with E-state index in [1.807, 2.05) is 31.3 Å². The summed E-state index contributed by atoms with van der Waals surface area (Å²) in [5.74, 6) is -0.205. The molecule has 6 nitrogen and oxygen atoms in total. The molecule has 126 valence electrons. The van der Waals surface area contributed by atoms with Gasteiger partial charge in [-0.25, -0.2) is 0 Å². The summed E-state index contributed by atoms with van der Waals surface area (Å²) in [6.45, 7) is 2.63. The van der Waals surface area contributed by atoms with Crippen LogP contribution < -0.4 is 10.2 Å². The van der Waals surface area contributed by atoms with Gasteiger partial charge in [0.15, 0.2) is 6.54 Å². The number of likely N-dealkylation sites (N-methyl/N-ethyl adjacent to an activating group) is 1. The number of halogens is 1. The van der Waals surface area contributed by atoms with E-state index < -0.39 is 4.92 Å². The average molecular weight is 349 g/mol. The molecule has 0 bridgehead atoms. The number of nitrogens with zero attached hydrogens (tertiary/aromatic N) is 1. The number of nitro benzene ring substituents is 1. The second-order valence-corrected chi connectivity index (χ2v) is 6.11. The molecule has 0 aliphatic carbocycles. The van der Waals surface area contributed by atoms with Crippen LogP contribution in [0.1, 0.15) is 11.1 Å². The highest BCUT2D eigenvalue weighted by Gasteiger charge is 2.15. The van der Waals surface area contributed by atoms with Gasteiger partial charge in [0.05, 0.1) is 17.7 Å². The minimum atomic E-state index is -0.482. The molecule has 2 aromatic rings. The summed E-state index contributed by atoms with van der Waals surface area (Å²) >= 11 is 6.12. The predicted octanol–water partition coefficient (Wildman–Crippen LogP) is 2.21. The van der Waals surface area contributed by atoms with Gasteiger partial charge in [-0.05, 0) is 18.6 Å². The lowest BCUT2D eigenvalue weighted by atomic mass is 10.2. The number of quaternary nitrogens is 1. The number of nitro groups is 1. The maximum absolute atomic E-state index is 12.2. The minimum absolute atomic E-state index is 0.0485. The Labute approximate surface area is 145 Å². The Kier molecular flexibility index (Phi) is 5.89. The molecular formula is C17H19ClN3O3+. The van der Waals surface area contributed by atoms with Gasteiger partial charge in [-0.3, -0.25) is 14.9 Å². The van der Waals surface area contributed by atoms with E-state index in [0.717, 1.165) is 16.0 Å². The molecule has 1 atom stereocenters. The molecule has 0 saturated carbocycles. The predicted molar refractivity (Wildman–Crippen MR) is 93.4 cm³/mol. The number of carbonyl (C=O) groups is 1. The molecule has 0 aromatic heterocycles. The molecule has 2 aromatic carbocycles. The van der Waals surface area contributed by atoms with Gasteiger partial charge >= 0.3 is 0 Å². The number of anilines is 1. The van der Waals surface area contributed by atoms with Crippen molar-refractivity contribution in [2.45, 2.75) is 13.5 Å². The fourth-order valence-corrected chi connectivity index (χ4v) is 2.56. The lowest BCUT2D eigenvalue weighted by Gasteiger charge is -2.15. The second-order valence-electron chi connectivity index (χ2n) is 5.71. The van der Waals surface area contributed by atoms with Gasteiger partial charge in [-0.2, -0.15) is 0 Å². The van der Waals surface area contributed by atoms with Crippen molar-refractivity contribution in [1.29, 1.82) is 0 Å². The number of amides is 1. The van der Waals surface area contributed by atoms with Gasteiger partial charge < -0.3 is 10.2 Å². The highest BCUT2D eigenvalue weighted by molar-refractivity contribution is 6.31. The Morgan fingerprint density at radius 3 is 2.67 bits per heavy atom. The Hall–Kier alpha value is -2.44. The van der Waals surface area contributed by atoms with Crippen molar-refractivity contribution < 1.29 is 14.6 Å². The van der Waals surface area contributed by atoms with Crippen LogP contribution >= 0.6 is 11.6 Å². The Morgan fingerprint density at radius 2 is 2.00 bits per heavy atom. The number of nitrogens with one attached hydrogen (secondary N) is 2. The van der Waals surface area contributed by atoms with E-state index >= 15 is 0 Å². The van der Waals surface area contributed by atoms with Crippen LogP contribution in [0.2, 0.25) is 5.02 Å². The van der Waals surface area contributed by atoms with E-state index in [-0.39, 0.29) is 18.1 Å². The van der Waals surface area contributed by atoms with E-state index in [4.69, 9.17) is 11.6 Å². The third-order valence-electron chi connectivity index (χ3n) is 3.62. The molecule has 0 saturated heterocycles. The maximum atomic E-state index is 12.2. The summed E-state index contributed by atoms with van der Waals surface area (Å²) in [6.07, 6.45) is 0. The molecule has 0 heterocycles. The third-order valence-corrected chi connectivity index (χ3v) is 3.99. The quantitative estimate of drug-likeness (QED) is 0.620. The lowest BCUT2D eigenvalue weighted by Crippen LogP contribution is -3.08. The molecule has 0 fully saturated rings. The molecule has 2 N–H and O–H groups in total. The van der Waals surface area contributed by atoms with Crippen LogP contribution in [0.5, 0.6) is 0 Å². The van der Waals surface area contributed by atoms with Crippen LogP contribution in [0.4, 0.5) is 11.4 Å². The Morgan fingerprint density at radius 1 is 1.29 bits per heavy atom. The van der Waals surface area contributed by atoms with Crippen molar-refractivity contribution in [3.8, 4) is 0 Å². The van der Waals surface area contributed by atoms with E-state index in [0.29, 0.717) is 17.3 Å². The number of rotatable bonds is 6. The number of non-ortho nitro benzene ring substituents is 1. The summed E-state index contributed by atoms with van der Waals surface area (Å²) in [5, 5.41) is 14.3. The molecule has 2 rings (SSSR count). The first-order chi connectivity index (χ1) is 11.4. The van der Waals surface area contributed by atoms with Crippen molar-refractivity contribution in [3.05, 3.63) is 68.7 Å². The first-order valence-corrected chi connectivity index (χ1v) is 7.84. The number of aryl methyl sites for hydroxylation is 1. The van der Waals surface area contributed by atoms with E-state index in [1.54, 1.807) is 13.0 Å². The monoisotopic (exact) mass is 348 g/mol. The minimum Gasteiger partial charge on any atom is -0.326 e. The zero-order valence-electron chi connectivity index (χ0n) is 13.5. The van der Waals surface area contributed by atoms with Gasteiger partial charge in [0.2, 0.25) is 0 Å². The molecule has 0 aliphatic rings. The molecule has 0 radical (unpaired) electrons. The van der Waals surface area contributed by atoms with Gasteiger partial charge in [-0.1, -0.05) is 35.9 Å². The van der Waals surface area contributed by atoms with Crippen molar-refractivity contribution in [2.75, 3.05) is 18.9 Å². The van der Waals surface area contributed by atoms with Crippen LogP contribution in [0.25, 0.3) is 0 Å². The highest BCUT2D eigenvalue weighted by Crippen LogP contribution is 2.21. The Balaban J connectivity index is 1.99. The van der Waals surface area contributed by atoms with Crippen molar-refractivity contribution in [1.82, 2.24) is 0 Å². The highest BCUT2D eigenvalue weighted by atomic mass is 35.5. The normalized spacial score (nSPS) is 11.8. The summed E-state index contributed by atoms with van der Waals surface area (Å²) in [6, 6.07) is 11.9. The summed E-state index contributed by atoms with van der Waals surface area (Å²) in [7, 11) is 1.89. The van der Waals surface area contributed by atoms with Gasteiger partial charge in [0.1, 0.15) is 6.54 Å². The fourth-order valence-electron chi connectivity index (χ4n) is 2.36. The van der Waals surface area contributed by atoms with Crippen molar-refractivity contribution >= 4 is 28.9 Å². The standard InChI is InChI=1S/C17H18ClN3O3/c1-12-7-8-14(21(23)24)9-16(12)19-17(22)11-20(2)10-13-5-3-4-6-15(13)18/h3-9H,10-11H2,1-2H3,(H,19,22)/p+1. The number of hydrogen-bond donors (Lipinski definition) is 2. The second kappa shape index (κ2) is 7.90. The van der Waals surface area contributed by atoms with E-state index in [9.17, 15) is 14.9 Å². The third kappa shape index (κ3) is 4.78. The molecule has 1 unspecified atom stereocenters. The molecule has 1 amide bonds. The Bertz CT molecular complexity index is 764. The van der Waals surface area contributed by atoms with Gasteiger partial charge in [0, 0.05) is 22.7 Å². The number of hydrogen-bond acceptors (Lipinski definition) is 3. The van der Waals surface area contributed by atoms with Crippen molar-refractivity contribution in [3.63, 3.8) is 0 Å². The van der Waals surface area contributed by atoms with Crippen LogP contribution in [0.15, 0.2) is 42.5 Å². The first-order valence-electron chi connectivity index (χ1n) is 7.46. The molecule has 7 heteroatoms. The SMILES string of the molecule is Cc1ccc([N+](=O)[O-])cc1NC(=O)C[NH+](C)Cc1ccccc1Cl. The van der Waals surface area contributed by atoms with Crippen LogP contribution in [0.3, 0.4) is 0 Å². The summed E-state index contributed by atoms with van der Waals surface area (Å²) in [4.78, 5) is 23.5. The number of benzene rings is 2. The lowest BCUT2D eigenvalue weighted by molar-refractivity contribution is -0.885. The summed E-state index contributed by atoms with van der Waals surface area (Å²) < 4.78 is 0. The topological polar surface area (TPSA) is 76.7 Å². The van der Waals surface area contributed by atoms with Crippen LogP contribution in [-0.4, -0.2) is 24.4 Å². The number of carbonyl (C=O) groups excluding carboxylic acids is 1. The molecule has 0 spiro atoms. The smallest absolute Gasteiger partial charge is 0.279 e. The fraction of sp³-hybridized carbons (Fsp3) is 0.235. The zero-order chi connectivity index (χ0) is 17.7. The maximum Gasteiger partial charge on any atom is 0.279 e. The van der Waals surface area contributed by atoms with Crippen LogP contribution in [-0.2, 0) is 11.3 Å².